The molecule has 0 aliphatic carbocycles. The van der Waals surface area contributed by atoms with E-state index in [1.807, 2.05) is 0 Å². The number of hydrogen-bond donors (Lipinski definition) is 1. The molecular weight excluding hydrogens is 150 g/mol. The predicted octanol–water partition coefficient (Wildman–Crippen LogP) is 1.42. The van der Waals surface area contributed by atoms with Gasteiger partial charge in [0.2, 0.25) is 0 Å². The number of aromatic nitrogens is 1. The largest absolute Gasteiger partial charge is 0.329 e. The molecule has 3 heteroatoms. The van der Waals surface area contributed by atoms with Gasteiger partial charge in [0.25, 0.3) is 5.56 Å². The summed E-state index contributed by atoms with van der Waals surface area (Å²) in [6.45, 7) is 1.76. The zero-order chi connectivity index (χ0) is 7.56. The maximum atomic E-state index is 10.8. The lowest BCUT2D eigenvalue weighted by atomic mass is 10.2. The second kappa shape index (κ2) is 2.88. The van der Waals surface area contributed by atoms with Crippen molar-refractivity contribution in [3.63, 3.8) is 0 Å². The van der Waals surface area contributed by atoms with Crippen molar-refractivity contribution in [3.05, 3.63) is 33.7 Å². The lowest BCUT2D eigenvalue weighted by Gasteiger charge is -1.94. The average Bonchev–Trinajstić information content (AvgIpc) is 1.95. The SMILES string of the molecule is Cc1cc(CCl)c[nH]c1=O. The molecule has 1 rings (SSSR count). The lowest BCUT2D eigenvalue weighted by molar-refractivity contribution is 1.14. The Bertz CT molecular complexity index is 279. The molecule has 0 bridgehead atoms. The third-order valence-corrected chi connectivity index (χ3v) is 1.61. The Labute approximate surface area is 63.8 Å². The van der Waals surface area contributed by atoms with E-state index >= 15 is 0 Å². The summed E-state index contributed by atoms with van der Waals surface area (Å²) in [5, 5.41) is 0. The number of hydrogen-bond acceptors (Lipinski definition) is 1. The molecule has 0 atom stereocenters. The van der Waals surface area contributed by atoms with E-state index in [1.54, 1.807) is 19.2 Å². The van der Waals surface area contributed by atoms with Crippen LogP contribution in [0.1, 0.15) is 11.1 Å². The molecule has 0 aliphatic heterocycles. The van der Waals surface area contributed by atoms with E-state index in [2.05, 4.69) is 4.98 Å². The molecule has 0 saturated heterocycles. The Balaban J connectivity index is 3.17. The second-order valence-corrected chi connectivity index (χ2v) is 2.42. The summed E-state index contributed by atoms with van der Waals surface area (Å²) in [4.78, 5) is 13.4. The fourth-order valence-electron chi connectivity index (χ4n) is 0.735. The van der Waals surface area contributed by atoms with Gasteiger partial charge >= 0.3 is 0 Å². The molecule has 0 spiro atoms. The standard InChI is InChI=1S/C7H8ClNO/c1-5-2-6(3-8)4-9-7(5)10/h2,4H,3H2,1H3,(H,9,10). The Hall–Kier alpha value is -0.760. The summed E-state index contributed by atoms with van der Waals surface area (Å²) in [6, 6.07) is 1.78. The van der Waals surface area contributed by atoms with Gasteiger partial charge in [-0.1, -0.05) is 0 Å². The third-order valence-electron chi connectivity index (χ3n) is 1.30. The van der Waals surface area contributed by atoms with E-state index in [-0.39, 0.29) is 5.56 Å². The first-order chi connectivity index (χ1) is 4.74. The minimum atomic E-state index is -0.0473. The molecule has 0 unspecified atom stereocenters. The summed E-state index contributed by atoms with van der Waals surface area (Å²) in [5.74, 6) is 0.442. The molecule has 0 aliphatic rings. The van der Waals surface area contributed by atoms with Crippen LogP contribution in [0, 0.1) is 6.92 Å². The van der Waals surface area contributed by atoms with E-state index in [4.69, 9.17) is 11.6 Å². The fraction of sp³-hybridized carbons (Fsp3) is 0.286. The van der Waals surface area contributed by atoms with Crippen molar-refractivity contribution in [3.8, 4) is 0 Å². The quantitative estimate of drug-likeness (QED) is 0.615. The fourth-order valence-corrected chi connectivity index (χ4v) is 0.889. The number of rotatable bonds is 1. The van der Waals surface area contributed by atoms with Crippen molar-refractivity contribution in [2.75, 3.05) is 0 Å². The van der Waals surface area contributed by atoms with Crippen molar-refractivity contribution in [2.45, 2.75) is 12.8 Å². The molecule has 10 heavy (non-hydrogen) atoms. The van der Waals surface area contributed by atoms with Crippen LogP contribution >= 0.6 is 11.6 Å². The van der Waals surface area contributed by atoms with Gasteiger partial charge in [-0.25, -0.2) is 0 Å². The van der Waals surface area contributed by atoms with E-state index in [1.165, 1.54) is 0 Å². The van der Waals surface area contributed by atoms with Crippen LogP contribution in [0.4, 0.5) is 0 Å². The van der Waals surface area contributed by atoms with Gasteiger partial charge in [-0.05, 0) is 18.6 Å². The van der Waals surface area contributed by atoms with E-state index in [9.17, 15) is 4.79 Å². The number of pyridine rings is 1. The Morgan fingerprint density at radius 3 is 2.90 bits per heavy atom. The first-order valence-corrected chi connectivity index (χ1v) is 3.51. The van der Waals surface area contributed by atoms with Gasteiger partial charge in [-0.15, -0.1) is 11.6 Å². The summed E-state index contributed by atoms with van der Waals surface area (Å²) >= 11 is 5.53. The topological polar surface area (TPSA) is 32.9 Å². The normalized spacial score (nSPS) is 9.80. The molecule has 2 nitrogen and oxygen atoms in total. The predicted molar refractivity (Wildman–Crippen MR) is 41.4 cm³/mol. The van der Waals surface area contributed by atoms with Crippen LogP contribution in [0.3, 0.4) is 0 Å². The highest BCUT2D eigenvalue weighted by atomic mass is 35.5. The molecule has 54 valence electrons. The summed E-state index contributed by atoms with van der Waals surface area (Å²) < 4.78 is 0. The second-order valence-electron chi connectivity index (χ2n) is 2.15. The zero-order valence-corrected chi connectivity index (χ0v) is 6.40. The van der Waals surface area contributed by atoms with Crippen LogP contribution in [0.25, 0.3) is 0 Å². The first-order valence-electron chi connectivity index (χ1n) is 2.98. The van der Waals surface area contributed by atoms with E-state index in [0.29, 0.717) is 11.4 Å². The lowest BCUT2D eigenvalue weighted by Crippen LogP contribution is -2.08. The smallest absolute Gasteiger partial charge is 0.250 e. The highest BCUT2D eigenvalue weighted by Crippen LogP contribution is 2.00. The van der Waals surface area contributed by atoms with Crippen molar-refractivity contribution in [1.82, 2.24) is 4.98 Å². The van der Waals surface area contributed by atoms with E-state index in [0.717, 1.165) is 5.56 Å². The van der Waals surface area contributed by atoms with Gasteiger partial charge in [0.15, 0.2) is 0 Å². The molecule has 0 saturated carbocycles. The number of halogens is 1. The molecule has 1 aromatic heterocycles. The van der Waals surface area contributed by atoms with Gasteiger partial charge in [-0.2, -0.15) is 0 Å². The molecule has 1 aromatic rings. The molecule has 0 fully saturated rings. The first kappa shape index (κ1) is 7.35. The van der Waals surface area contributed by atoms with Crippen LogP contribution in [-0.2, 0) is 5.88 Å². The summed E-state index contributed by atoms with van der Waals surface area (Å²) in [6.07, 6.45) is 1.63. The van der Waals surface area contributed by atoms with Gasteiger partial charge in [0.05, 0.1) is 0 Å². The number of aromatic amines is 1. The Morgan fingerprint density at radius 1 is 1.70 bits per heavy atom. The summed E-state index contributed by atoms with van der Waals surface area (Å²) in [7, 11) is 0. The van der Waals surface area contributed by atoms with Crippen molar-refractivity contribution >= 4 is 11.6 Å². The maximum absolute atomic E-state index is 10.8. The number of aryl methyl sites for hydroxylation is 1. The van der Waals surface area contributed by atoms with Crippen LogP contribution < -0.4 is 5.56 Å². The Morgan fingerprint density at radius 2 is 2.40 bits per heavy atom. The third kappa shape index (κ3) is 1.39. The van der Waals surface area contributed by atoms with Gasteiger partial charge in [-0.3, -0.25) is 4.79 Å². The summed E-state index contributed by atoms with van der Waals surface area (Å²) in [5.41, 5.74) is 1.60. The van der Waals surface area contributed by atoms with Gasteiger partial charge < -0.3 is 4.98 Å². The highest BCUT2D eigenvalue weighted by Gasteiger charge is 1.93. The van der Waals surface area contributed by atoms with Gasteiger partial charge in [0.1, 0.15) is 0 Å². The number of nitrogens with one attached hydrogen (secondary N) is 1. The van der Waals surface area contributed by atoms with Crippen LogP contribution in [0.15, 0.2) is 17.1 Å². The van der Waals surface area contributed by atoms with E-state index < -0.39 is 0 Å². The molecule has 1 N–H and O–H groups in total. The van der Waals surface area contributed by atoms with Crippen LogP contribution in [0.2, 0.25) is 0 Å². The van der Waals surface area contributed by atoms with Crippen molar-refractivity contribution in [1.29, 1.82) is 0 Å². The molecular formula is C7H8ClNO. The van der Waals surface area contributed by atoms with Gasteiger partial charge in [0, 0.05) is 17.6 Å². The maximum Gasteiger partial charge on any atom is 0.250 e. The minimum Gasteiger partial charge on any atom is -0.329 e. The molecule has 1 heterocycles. The van der Waals surface area contributed by atoms with Crippen LogP contribution in [-0.4, -0.2) is 4.98 Å². The number of alkyl halides is 1. The average molecular weight is 158 g/mol. The minimum absolute atomic E-state index is 0.0473. The van der Waals surface area contributed by atoms with Crippen molar-refractivity contribution < 1.29 is 0 Å². The van der Waals surface area contributed by atoms with Crippen molar-refractivity contribution in [2.24, 2.45) is 0 Å². The van der Waals surface area contributed by atoms with Crippen LogP contribution in [0.5, 0.6) is 0 Å². The molecule has 0 amide bonds. The number of H-pyrrole nitrogens is 1. The monoisotopic (exact) mass is 157 g/mol. The zero-order valence-electron chi connectivity index (χ0n) is 5.65. The molecule has 0 aromatic carbocycles. The highest BCUT2D eigenvalue weighted by molar-refractivity contribution is 6.17. The molecule has 0 radical (unpaired) electrons. The Kier molecular flexibility index (Phi) is 2.12.